The lowest BCUT2D eigenvalue weighted by Crippen LogP contribution is -2.49. The van der Waals surface area contributed by atoms with Crippen LogP contribution in [0.5, 0.6) is 0 Å². The molecule has 3 heterocycles. The molecule has 0 spiro atoms. The molecule has 0 radical (unpaired) electrons. The molecule has 1 aromatic carbocycles. The maximum absolute atomic E-state index is 13.2. The van der Waals surface area contributed by atoms with Crippen molar-refractivity contribution in [3.8, 4) is 5.69 Å². The van der Waals surface area contributed by atoms with Crippen molar-refractivity contribution in [1.82, 2.24) is 24.2 Å². The minimum Gasteiger partial charge on any atom is -0.388 e. The van der Waals surface area contributed by atoms with Gasteiger partial charge in [0.05, 0.1) is 30.5 Å². The fourth-order valence-corrected chi connectivity index (χ4v) is 3.89. The molecule has 3 aromatic rings. The average molecular weight is 467 g/mol. The normalized spacial score (nSPS) is 16.3. The lowest BCUT2D eigenvalue weighted by molar-refractivity contribution is -0.151. The summed E-state index contributed by atoms with van der Waals surface area (Å²) in [6.45, 7) is 0.112. The van der Waals surface area contributed by atoms with Gasteiger partial charge >= 0.3 is 6.18 Å². The molecule has 1 amide bonds. The molecule has 1 aliphatic heterocycles. The first-order valence-corrected chi connectivity index (χ1v) is 10.3. The molecule has 12 heteroatoms. The zero-order valence-corrected chi connectivity index (χ0v) is 17.4. The number of carbonyl (C=O) groups excluding carboxylic acids is 1. The van der Waals surface area contributed by atoms with Crippen LogP contribution in [0, 0.1) is 5.82 Å². The smallest absolute Gasteiger partial charge is 0.388 e. The minimum atomic E-state index is -4.40. The summed E-state index contributed by atoms with van der Waals surface area (Å²) in [7, 11) is 0. The lowest BCUT2D eigenvalue weighted by Gasteiger charge is -2.38. The zero-order chi connectivity index (χ0) is 23.8. The maximum atomic E-state index is 13.2. The van der Waals surface area contributed by atoms with E-state index in [4.69, 9.17) is 0 Å². The van der Waals surface area contributed by atoms with E-state index in [1.807, 2.05) is 0 Å². The predicted octanol–water partition coefficient (Wildman–Crippen LogP) is 2.42. The number of likely N-dealkylation sites (tertiary alicyclic amines) is 1. The van der Waals surface area contributed by atoms with Crippen molar-refractivity contribution in [2.75, 3.05) is 13.1 Å². The molecule has 0 saturated carbocycles. The van der Waals surface area contributed by atoms with Gasteiger partial charge in [0.25, 0.3) is 5.56 Å². The van der Waals surface area contributed by atoms with Crippen LogP contribution in [0.2, 0.25) is 0 Å². The number of benzene rings is 1. The quantitative estimate of drug-likeness (QED) is 0.582. The van der Waals surface area contributed by atoms with E-state index in [2.05, 4.69) is 10.1 Å². The van der Waals surface area contributed by atoms with Gasteiger partial charge in [-0.1, -0.05) is 0 Å². The van der Waals surface area contributed by atoms with Crippen molar-refractivity contribution < 1.29 is 27.5 Å². The van der Waals surface area contributed by atoms with Crippen LogP contribution in [-0.4, -0.2) is 60.1 Å². The predicted molar refractivity (Wildman–Crippen MR) is 109 cm³/mol. The van der Waals surface area contributed by atoms with Gasteiger partial charge in [-0.3, -0.25) is 14.2 Å². The first-order valence-electron chi connectivity index (χ1n) is 10.3. The average Bonchev–Trinajstić information content (AvgIpc) is 3.19. The lowest BCUT2D eigenvalue weighted by atomic mass is 9.91. The highest BCUT2D eigenvalue weighted by Gasteiger charge is 2.36. The summed E-state index contributed by atoms with van der Waals surface area (Å²) in [6, 6.07) is 5.53. The Hall–Kier alpha value is -3.28. The largest absolute Gasteiger partial charge is 0.389 e. The first-order chi connectivity index (χ1) is 15.5. The number of aliphatic hydroxyl groups is 1. The fourth-order valence-electron chi connectivity index (χ4n) is 3.89. The van der Waals surface area contributed by atoms with Crippen LogP contribution in [-0.2, 0) is 11.3 Å². The summed E-state index contributed by atoms with van der Waals surface area (Å²) in [5, 5.41) is 15.3. The van der Waals surface area contributed by atoms with Gasteiger partial charge in [-0.25, -0.2) is 14.1 Å². The third-order valence-electron chi connectivity index (χ3n) is 5.76. The molecule has 2 aromatic heterocycles. The van der Waals surface area contributed by atoms with Crippen molar-refractivity contribution in [2.45, 2.75) is 44.0 Å². The molecule has 1 N–H and O–H groups in total. The van der Waals surface area contributed by atoms with Crippen LogP contribution in [0.15, 0.2) is 41.6 Å². The molecule has 4 rings (SSSR count). The van der Waals surface area contributed by atoms with Crippen molar-refractivity contribution in [3.05, 3.63) is 53.0 Å². The maximum Gasteiger partial charge on any atom is 0.389 e. The van der Waals surface area contributed by atoms with Crippen molar-refractivity contribution in [1.29, 1.82) is 0 Å². The SMILES string of the molecule is O=C(CCC(F)(F)F)N1CCC(O)(Cn2cnc3c(cnn3-c3ccc(F)cc3)c2=O)CC1. The van der Waals surface area contributed by atoms with E-state index in [0.29, 0.717) is 5.69 Å². The van der Waals surface area contributed by atoms with Crippen LogP contribution in [0.4, 0.5) is 17.6 Å². The third kappa shape index (κ3) is 5.05. The van der Waals surface area contributed by atoms with Gasteiger partial charge in [-0.15, -0.1) is 0 Å². The minimum absolute atomic E-state index is 0.0823. The second kappa shape index (κ2) is 8.58. The van der Waals surface area contributed by atoms with Gasteiger partial charge in [0.15, 0.2) is 5.65 Å². The Bertz CT molecular complexity index is 1210. The van der Waals surface area contributed by atoms with Gasteiger partial charge in [-0.05, 0) is 37.1 Å². The monoisotopic (exact) mass is 467 g/mol. The molecule has 0 aliphatic carbocycles. The number of piperidine rings is 1. The van der Waals surface area contributed by atoms with E-state index in [9.17, 15) is 32.3 Å². The Morgan fingerprint density at radius 2 is 1.82 bits per heavy atom. The molecular weight excluding hydrogens is 446 g/mol. The number of rotatable bonds is 5. The van der Waals surface area contributed by atoms with E-state index in [1.165, 1.54) is 50.9 Å². The summed E-state index contributed by atoms with van der Waals surface area (Å²) in [4.78, 5) is 30.5. The van der Waals surface area contributed by atoms with E-state index >= 15 is 0 Å². The summed E-state index contributed by atoms with van der Waals surface area (Å²) in [5.74, 6) is -1.02. The number of hydrogen-bond donors (Lipinski definition) is 1. The third-order valence-corrected chi connectivity index (χ3v) is 5.76. The molecule has 1 aliphatic rings. The molecule has 0 bridgehead atoms. The summed E-state index contributed by atoms with van der Waals surface area (Å²) in [6.07, 6.45) is -3.35. The molecule has 176 valence electrons. The van der Waals surface area contributed by atoms with Crippen molar-refractivity contribution in [2.24, 2.45) is 0 Å². The number of amides is 1. The molecule has 0 unspecified atom stereocenters. The van der Waals surface area contributed by atoms with Crippen LogP contribution in [0.25, 0.3) is 16.7 Å². The first kappa shape index (κ1) is 22.9. The molecule has 1 saturated heterocycles. The van der Waals surface area contributed by atoms with Gasteiger partial charge in [0.2, 0.25) is 5.91 Å². The Kier molecular flexibility index (Phi) is 5.95. The van der Waals surface area contributed by atoms with Gasteiger partial charge in [-0.2, -0.15) is 18.3 Å². The number of carbonyl (C=O) groups is 1. The van der Waals surface area contributed by atoms with E-state index in [1.54, 1.807) is 0 Å². The highest BCUT2D eigenvalue weighted by atomic mass is 19.4. The van der Waals surface area contributed by atoms with Gasteiger partial charge in [0, 0.05) is 19.5 Å². The second-order valence-corrected chi connectivity index (χ2v) is 8.17. The number of fused-ring (bicyclic) bond motifs is 1. The standard InChI is InChI=1S/C21H21F4N5O3/c22-14-1-3-15(4-2-14)30-18-16(11-27-30)19(32)29(13-26-18)12-20(33)7-9-28(10-8-20)17(31)5-6-21(23,24)25/h1-4,11,13,33H,5-10,12H2. The van der Waals surface area contributed by atoms with Crippen molar-refractivity contribution >= 4 is 16.9 Å². The Morgan fingerprint density at radius 1 is 1.15 bits per heavy atom. The van der Waals surface area contributed by atoms with Crippen molar-refractivity contribution in [3.63, 3.8) is 0 Å². The zero-order valence-electron chi connectivity index (χ0n) is 17.4. The number of hydrogen-bond acceptors (Lipinski definition) is 5. The molecule has 0 atom stereocenters. The number of nitrogens with zero attached hydrogens (tertiary/aromatic N) is 5. The summed E-state index contributed by atoms with van der Waals surface area (Å²) < 4.78 is 52.9. The molecular formula is C21H21F4N5O3. The fraction of sp³-hybridized carbons (Fsp3) is 0.429. The number of aromatic nitrogens is 4. The molecule has 1 fully saturated rings. The van der Waals surface area contributed by atoms with Crippen LogP contribution in [0.3, 0.4) is 0 Å². The summed E-state index contributed by atoms with van der Waals surface area (Å²) in [5.41, 5.74) is -0.935. The Morgan fingerprint density at radius 3 is 2.45 bits per heavy atom. The number of alkyl halides is 3. The second-order valence-electron chi connectivity index (χ2n) is 8.17. The Balaban J connectivity index is 1.46. The summed E-state index contributed by atoms with van der Waals surface area (Å²) >= 11 is 0. The van der Waals surface area contributed by atoms with Gasteiger partial charge in [0.1, 0.15) is 17.5 Å². The van der Waals surface area contributed by atoms with Crippen LogP contribution < -0.4 is 5.56 Å². The highest BCUT2D eigenvalue weighted by Crippen LogP contribution is 2.26. The molecule has 33 heavy (non-hydrogen) atoms. The molecule has 8 nitrogen and oxygen atoms in total. The van der Waals surface area contributed by atoms with E-state index in [-0.39, 0.29) is 43.5 Å². The number of halogens is 4. The Labute approximate surface area is 185 Å². The topological polar surface area (TPSA) is 93.2 Å². The highest BCUT2D eigenvalue weighted by molar-refractivity contribution is 5.76. The van der Waals surface area contributed by atoms with E-state index < -0.39 is 41.9 Å². The van der Waals surface area contributed by atoms with Crippen LogP contribution in [0.1, 0.15) is 25.7 Å². The van der Waals surface area contributed by atoms with Gasteiger partial charge < -0.3 is 10.0 Å². The van der Waals surface area contributed by atoms with E-state index in [0.717, 1.165) is 0 Å². The van der Waals surface area contributed by atoms with Crippen LogP contribution >= 0.6 is 0 Å².